The minimum absolute atomic E-state index is 0.414. The van der Waals surface area contributed by atoms with Crippen molar-refractivity contribution in [1.82, 2.24) is 0 Å². The Hall–Kier alpha value is -2.56. The quantitative estimate of drug-likeness (QED) is 0.255. The number of halogens is 15. The lowest BCUT2D eigenvalue weighted by Crippen LogP contribution is -2.71. The van der Waals surface area contributed by atoms with Crippen molar-refractivity contribution in [2.45, 2.75) is 48.3 Å². The van der Waals surface area contributed by atoms with Gasteiger partial charge in [-0.2, -0.15) is 65.9 Å². The molecule has 0 atom stereocenters. The number of nitrogen functional groups attached to an aromatic ring is 1. The zero-order valence-electron chi connectivity index (χ0n) is 15.1. The van der Waals surface area contributed by atoms with Gasteiger partial charge in [0.2, 0.25) is 0 Å². The Balaban J connectivity index is 3.42. The topological polar surface area (TPSA) is 52.3 Å². The van der Waals surface area contributed by atoms with Crippen LogP contribution < -0.4 is 5.73 Å². The van der Waals surface area contributed by atoms with Crippen LogP contribution >= 0.6 is 0 Å². The fraction of sp³-hybridized carbons (Fsp3) is 0.533. The molecule has 2 N–H and O–H groups in total. The second-order valence-corrected chi connectivity index (χ2v) is 6.33. The van der Waals surface area contributed by atoms with E-state index < -0.39 is 65.5 Å². The lowest BCUT2D eigenvalue weighted by Gasteiger charge is -2.40. The van der Waals surface area contributed by atoms with E-state index in [1.54, 1.807) is 0 Å². The maximum atomic E-state index is 13.6. The van der Waals surface area contributed by atoms with Crippen LogP contribution in [0, 0.1) is 0 Å². The number of ether oxygens (including phenoxy) is 1. The van der Waals surface area contributed by atoms with E-state index in [9.17, 15) is 70.7 Å². The largest absolute Gasteiger partial charge is 0.473 e. The van der Waals surface area contributed by atoms with Crippen LogP contribution in [0.4, 0.5) is 71.5 Å². The summed E-state index contributed by atoms with van der Waals surface area (Å²) in [6.45, 7) is 0. The minimum Gasteiger partial charge on any atom is -0.399 e. The summed E-state index contributed by atoms with van der Waals surface area (Å²) >= 11 is 0. The van der Waals surface area contributed by atoms with E-state index in [-0.39, 0.29) is 0 Å². The monoisotopic (exact) mass is 519 g/mol. The number of carbonyl (C=O) groups is 1. The van der Waals surface area contributed by atoms with E-state index in [0.29, 0.717) is 12.1 Å². The van der Waals surface area contributed by atoms with E-state index >= 15 is 0 Å². The molecule has 0 saturated heterocycles. The summed E-state index contributed by atoms with van der Waals surface area (Å²) in [5.41, 5.74) is 3.54. The number of rotatable bonds is 8. The lowest BCUT2D eigenvalue weighted by molar-refractivity contribution is -0.452. The van der Waals surface area contributed by atoms with Gasteiger partial charge in [-0.25, -0.2) is 4.79 Å². The van der Waals surface area contributed by atoms with Crippen molar-refractivity contribution < 1.29 is 75.4 Å². The average Bonchev–Trinajstić information content (AvgIpc) is 2.58. The van der Waals surface area contributed by atoms with Crippen molar-refractivity contribution in [2.75, 3.05) is 5.73 Å². The summed E-state index contributed by atoms with van der Waals surface area (Å²) in [5, 5.41) is 0. The third-order valence-electron chi connectivity index (χ3n) is 3.77. The highest BCUT2D eigenvalue weighted by Gasteiger charge is 2.91. The molecule has 190 valence electrons. The molecule has 0 radical (unpaired) electrons. The van der Waals surface area contributed by atoms with E-state index in [2.05, 4.69) is 4.74 Å². The molecule has 33 heavy (non-hydrogen) atoms. The Morgan fingerprint density at radius 1 is 0.727 bits per heavy atom. The van der Waals surface area contributed by atoms with E-state index in [1.807, 2.05) is 0 Å². The lowest BCUT2D eigenvalue weighted by atomic mass is 9.92. The van der Waals surface area contributed by atoms with Gasteiger partial charge in [-0.15, -0.1) is 0 Å². The van der Waals surface area contributed by atoms with Crippen molar-refractivity contribution in [3.8, 4) is 0 Å². The molecule has 3 nitrogen and oxygen atoms in total. The highest BCUT2D eigenvalue weighted by atomic mass is 19.4. The first-order valence-corrected chi connectivity index (χ1v) is 7.76. The molecule has 0 aliphatic heterocycles. The third kappa shape index (κ3) is 4.87. The highest BCUT2D eigenvalue weighted by molar-refractivity contribution is 5.90. The normalized spacial score (nSPS) is 14.9. The fourth-order valence-electron chi connectivity index (χ4n) is 2.07. The van der Waals surface area contributed by atoms with Gasteiger partial charge in [-0.05, 0) is 18.2 Å². The number of carbonyl (C=O) groups excluding carboxylic acids is 1. The molecule has 0 heterocycles. The van der Waals surface area contributed by atoms with Crippen LogP contribution in [0.15, 0.2) is 24.3 Å². The van der Waals surface area contributed by atoms with Crippen LogP contribution in [-0.4, -0.2) is 47.9 Å². The highest BCUT2D eigenvalue weighted by Crippen LogP contribution is 2.61. The van der Waals surface area contributed by atoms with Crippen LogP contribution in [0.3, 0.4) is 0 Å². The first-order chi connectivity index (χ1) is 14.3. The molecule has 0 amide bonds. The maximum Gasteiger partial charge on any atom is 0.473 e. The van der Waals surface area contributed by atoms with Gasteiger partial charge in [0.25, 0.3) is 0 Å². The van der Waals surface area contributed by atoms with Crippen molar-refractivity contribution in [3.05, 3.63) is 29.8 Å². The fourth-order valence-corrected chi connectivity index (χ4v) is 2.07. The van der Waals surface area contributed by atoms with E-state index in [1.165, 1.54) is 0 Å². The molecule has 0 aromatic heterocycles. The molecule has 1 aromatic carbocycles. The van der Waals surface area contributed by atoms with Gasteiger partial charge >= 0.3 is 47.9 Å². The van der Waals surface area contributed by atoms with Gasteiger partial charge in [-0.1, -0.05) is 6.07 Å². The summed E-state index contributed by atoms with van der Waals surface area (Å²) < 4.78 is 200. The molecule has 0 aliphatic carbocycles. The number of alkyl halides is 15. The number of benzene rings is 1. The molecule has 0 bridgehead atoms. The zero-order chi connectivity index (χ0) is 26.5. The van der Waals surface area contributed by atoms with Crippen molar-refractivity contribution in [1.29, 1.82) is 0 Å². The smallest absolute Gasteiger partial charge is 0.399 e. The molecule has 18 heteroatoms. The molecule has 0 fully saturated rings. The van der Waals surface area contributed by atoms with Gasteiger partial charge in [0.05, 0.1) is 5.56 Å². The predicted molar refractivity (Wildman–Crippen MR) is 76.6 cm³/mol. The number of anilines is 1. The van der Waals surface area contributed by atoms with E-state index in [4.69, 9.17) is 5.73 Å². The Morgan fingerprint density at radius 3 is 1.61 bits per heavy atom. The van der Waals surface area contributed by atoms with Gasteiger partial charge in [0.15, 0.2) is 0 Å². The van der Waals surface area contributed by atoms with Gasteiger partial charge < -0.3 is 10.5 Å². The van der Waals surface area contributed by atoms with Gasteiger partial charge in [-0.3, -0.25) is 0 Å². The average molecular weight is 519 g/mol. The number of hydrogen-bond donors (Lipinski definition) is 1. The Kier molecular flexibility index (Phi) is 6.93. The summed E-state index contributed by atoms with van der Waals surface area (Å²) in [6, 6.07) is 2.76. The third-order valence-corrected chi connectivity index (χ3v) is 3.77. The first-order valence-electron chi connectivity index (χ1n) is 7.76. The minimum atomic E-state index is -8.23. The van der Waals surface area contributed by atoms with Crippen molar-refractivity contribution in [3.63, 3.8) is 0 Å². The van der Waals surface area contributed by atoms with Crippen LogP contribution in [0.2, 0.25) is 0 Å². The molecule has 1 rings (SSSR count). The van der Waals surface area contributed by atoms with E-state index in [0.717, 1.165) is 12.1 Å². The van der Waals surface area contributed by atoms with Crippen molar-refractivity contribution in [2.24, 2.45) is 0 Å². The summed E-state index contributed by atoms with van der Waals surface area (Å²) in [7, 11) is 0. The molecule has 0 unspecified atom stereocenters. The Bertz CT molecular complexity index is 878. The zero-order valence-corrected chi connectivity index (χ0v) is 15.1. The number of nitrogens with two attached hydrogens (primary N) is 1. The molecule has 0 saturated carbocycles. The molecule has 0 spiro atoms. The number of hydrogen-bond acceptors (Lipinski definition) is 3. The maximum absolute atomic E-state index is 13.6. The second kappa shape index (κ2) is 8.03. The second-order valence-electron chi connectivity index (χ2n) is 6.33. The van der Waals surface area contributed by atoms with Crippen LogP contribution in [0.5, 0.6) is 0 Å². The van der Waals surface area contributed by atoms with Crippen LogP contribution in [0.25, 0.3) is 0 Å². The summed E-state index contributed by atoms with van der Waals surface area (Å²) in [6.07, 6.45) is -17.7. The summed E-state index contributed by atoms with van der Waals surface area (Å²) in [4.78, 5) is 11.4. The molecular weight excluding hydrogens is 511 g/mol. The molecule has 1 aromatic rings. The molecule has 0 aliphatic rings. The standard InChI is InChI=1S/C15H8F15NO2/c16-9(17,5-10(18,19)20)11(21,22)12(23,24)13(25,26)14(27,28)15(29,30)33-8(32)6-2-1-3-7(31)4-6/h1-4H,5,31H2. The van der Waals surface area contributed by atoms with Crippen LogP contribution in [-0.2, 0) is 4.74 Å². The van der Waals surface area contributed by atoms with Gasteiger partial charge in [0, 0.05) is 5.69 Å². The predicted octanol–water partition coefficient (Wildman–Crippen LogP) is 6.15. The Morgan fingerprint density at radius 2 is 1.18 bits per heavy atom. The van der Waals surface area contributed by atoms with Gasteiger partial charge in [0.1, 0.15) is 6.42 Å². The SMILES string of the molecule is Nc1cccc(C(=O)OC(F)(F)C(F)(F)C(F)(F)C(F)(F)C(F)(F)C(F)(F)CC(F)(F)F)c1. The molecular formula is C15H8F15NO2. The Labute approximate surface area is 172 Å². The van der Waals surface area contributed by atoms with Crippen molar-refractivity contribution >= 4 is 11.7 Å². The first kappa shape index (κ1) is 28.5. The summed E-state index contributed by atoms with van der Waals surface area (Å²) in [5.74, 6) is -42.0. The number of esters is 1. The van der Waals surface area contributed by atoms with Crippen LogP contribution in [0.1, 0.15) is 16.8 Å².